The number of anilines is 1. The monoisotopic (exact) mass is 416 g/mol. The van der Waals surface area contributed by atoms with Gasteiger partial charge in [-0.3, -0.25) is 9.78 Å². The van der Waals surface area contributed by atoms with Gasteiger partial charge in [0.1, 0.15) is 11.9 Å². The van der Waals surface area contributed by atoms with Gasteiger partial charge in [-0.2, -0.15) is 0 Å². The third kappa shape index (κ3) is 3.73. The van der Waals surface area contributed by atoms with Gasteiger partial charge in [-0.05, 0) is 22.0 Å². The van der Waals surface area contributed by atoms with Gasteiger partial charge in [-0.1, -0.05) is 0 Å². The molecule has 1 aliphatic rings. The van der Waals surface area contributed by atoms with Crippen LogP contribution in [0.25, 0.3) is 0 Å². The maximum atomic E-state index is 13.4. The Morgan fingerprint density at radius 2 is 1.88 bits per heavy atom. The average molecular weight is 417 g/mol. The Labute approximate surface area is 149 Å². The summed E-state index contributed by atoms with van der Waals surface area (Å²) in [5, 5.41) is 3.99. The van der Waals surface area contributed by atoms with Crippen LogP contribution in [0.3, 0.4) is 0 Å². The summed E-state index contributed by atoms with van der Waals surface area (Å²) in [6, 6.07) is 2.03. The number of aryl methyl sites for hydroxylation is 1. The minimum atomic E-state index is -0.975. The van der Waals surface area contributed by atoms with Gasteiger partial charge in [0.2, 0.25) is 5.82 Å². The Bertz CT molecular complexity index is 907. The molecule has 0 radical (unpaired) electrons. The minimum absolute atomic E-state index is 0.176. The van der Waals surface area contributed by atoms with E-state index in [1.54, 1.807) is 4.90 Å². The molecular formula is C15H15BrF2N4O3. The number of aromatic nitrogens is 3. The molecule has 0 aliphatic carbocycles. The van der Waals surface area contributed by atoms with E-state index in [4.69, 9.17) is 4.74 Å². The second kappa shape index (κ2) is 6.95. The van der Waals surface area contributed by atoms with Crippen LogP contribution < -0.4 is 20.9 Å². The zero-order valence-electron chi connectivity index (χ0n) is 13.3. The van der Waals surface area contributed by atoms with Crippen molar-refractivity contribution in [3.05, 3.63) is 49.1 Å². The second-order valence-corrected chi connectivity index (χ2v) is 6.56. The number of benzene rings is 1. The van der Waals surface area contributed by atoms with Gasteiger partial charge in [0.25, 0.3) is 5.56 Å². The van der Waals surface area contributed by atoms with Crippen LogP contribution in [-0.2, 0) is 7.05 Å². The largest absolute Gasteiger partial charge is 0.489 e. The summed E-state index contributed by atoms with van der Waals surface area (Å²) in [4.78, 5) is 27.2. The highest BCUT2D eigenvalue weighted by Gasteiger charge is 2.24. The molecule has 134 valence electrons. The van der Waals surface area contributed by atoms with Gasteiger partial charge in [-0.15, -0.1) is 5.10 Å². The van der Waals surface area contributed by atoms with Crippen LogP contribution in [0.4, 0.5) is 14.6 Å². The number of ether oxygens (including phenoxy) is 1. The number of hydrogen-bond donors (Lipinski definition) is 1. The smallest absolute Gasteiger partial charge is 0.344 e. The predicted octanol–water partition coefficient (Wildman–Crippen LogP) is 1.56. The van der Waals surface area contributed by atoms with Crippen molar-refractivity contribution in [3.8, 4) is 5.75 Å². The van der Waals surface area contributed by atoms with E-state index in [0.29, 0.717) is 30.4 Å². The molecule has 1 aromatic carbocycles. The number of piperidine rings is 1. The third-order valence-electron chi connectivity index (χ3n) is 3.97. The molecular weight excluding hydrogens is 402 g/mol. The second-order valence-electron chi connectivity index (χ2n) is 5.71. The first-order valence-electron chi connectivity index (χ1n) is 7.59. The Kier molecular flexibility index (Phi) is 4.89. The number of H-pyrrole nitrogens is 1. The number of hydrogen-bond acceptors (Lipinski definition) is 5. The minimum Gasteiger partial charge on any atom is -0.489 e. The van der Waals surface area contributed by atoms with E-state index in [1.165, 1.54) is 7.05 Å². The number of nitrogens with zero attached hydrogens (tertiary/aromatic N) is 3. The van der Waals surface area contributed by atoms with E-state index in [2.05, 4.69) is 26.0 Å². The fraction of sp³-hybridized carbons (Fsp3) is 0.400. The maximum Gasteiger partial charge on any atom is 0.344 e. The molecule has 1 aromatic heterocycles. The number of halogens is 3. The number of nitrogens with one attached hydrogen (secondary N) is 1. The van der Waals surface area contributed by atoms with Crippen LogP contribution in [0.2, 0.25) is 0 Å². The van der Waals surface area contributed by atoms with Gasteiger partial charge in [0.05, 0.1) is 4.47 Å². The van der Waals surface area contributed by atoms with E-state index in [0.717, 1.165) is 16.8 Å². The highest BCUT2D eigenvalue weighted by Crippen LogP contribution is 2.30. The zero-order valence-corrected chi connectivity index (χ0v) is 14.8. The fourth-order valence-corrected chi connectivity index (χ4v) is 3.04. The lowest BCUT2D eigenvalue weighted by molar-refractivity contribution is 0.168. The topological polar surface area (TPSA) is 80.2 Å². The van der Waals surface area contributed by atoms with Crippen molar-refractivity contribution in [2.45, 2.75) is 18.9 Å². The number of aromatic amines is 1. The van der Waals surface area contributed by atoms with Crippen LogP contribution in [-0.4, -0.2) is 34.0 Å². The molecule has 2 aromatic rings. The maximum absolute atomic E-state index is 13.4. The highest BCUT2D eigenvalue weighted by molar-refractivity contribution is 9.10. The van der Waals surface area contributed by atoms with Crippen LogP contribution in [0.1, 0.15) is 12.8 Å². The lowest BCUT2D eigenvalue weighted by Crippen LogP contribution is -2.43. The average Bonchev–Trinajstić information content (AvgIpc) is 2.57. The Morgan fingerprint density at radius 1 is 1.24 bits per heavy atom. The first-order chi connectivity index (χ1) is 11.8. The Balaban J connectivity index is 1.68. The highest BCUT2D eigenvalue weighted by atomic mass is 79.9. The predicted molar refractivity (Wildman–Crippen MR) is 90.0 cm³/mol. The molecule has 3 rings (SSSR count). The molecule has 2 heterocycles. The lowest BCUT2D eigenvalue weighted by atomic mass is 10.1. The van der Waals surface area contributed by atoms with Gasteiger partial charge in [0.15, 0.2) is 11.6 Å². The summed E-state index contributed by atoms with van der Waals surface area (Å²) in [6.07, 6.45) is 0.925. The summed E-state index contributed by atoms with van der Waals surface area (Å²) >= 11 is 3.15. The summed E-state index contributed by atoms with van der Waals surface area (Å²) in [6.45, 7) is 0.973. The standard InChI is InChI=1S/C15H15BrF2N4O3/c1-21-15(24)19-14(23)13(20-21)22-4-2-8(3-5-22)25-12-7-11(18)10(17)6-9(12)16/h6-8H,2-5H2,1H3,(H,19,23,24). The molecule has 25 heavy (non-hydrogen) atoms. The molecule has 0 bridgehead atoms. The third-order valence-corrected chi connectivity index (χ3v) is 4.59. The quantitative estimate of drug-likeness (QED) is 0.767. The molecule has 0 saturated carbocycles. The van der Waals surface area contributed by atoms with E-state index in [1.807, 2.05) is 0 Å². The molecule has 1 N–H and O–H groups in total. The van der Waals surface area contributed by atoms with Gasteiger partial charge in [-0.25, -0.2) is 18.3 Å². The molecule has 0 amide bonds. The SMILES string of the molecule is Cn1nc(N2CCC(Oc3cc(F)c(F)cc3Br)CC2)c(=O)[nH]c1=O. The van der Waals surface area contributed by atoms with Crippen LogP contribution in [0.5, 0.6) is 5.75 Å². The van der Waals surface area contributed by atoms with E-state index < -0.39 is 22.9 Å². The molecule has 1 saturated heterocycles. The molecule has 1 aliphatic heterocycles. The molecule has 7 nitrogen and oxygen atoms in total. The molecule has 0 atom stereocenters. The van der Waals surface area contributed by atoms with E-state index in [-0.39, 0.29) is 17.7 Å². The van der Waals surface area contributed by atoms with Crippen LogP contribution in [0.15, 0.2) is 26.2 Å². The van der Waals surface area contributed by atoms with Crippen molar-refractivity contribution in [2.75, 3.05) is 18.0 Å². The Hall–Kier alpha value is -2.23. The van der Waals surface area contributed by atoms with Crippen molar-refractivity contribution in [2.24, 2.45) is 7.05 Å². The molecule has 1 fully saturated rings. The molecule has 10 heteroatoms. The number of rotatable bonds is 3. The fourth-order valence-electron chi connectivity index (χ4n) is 2.63. The molecule has 0 unspecified atom stereocenters. The van der Waals surface area contributed by atoms with Crippen molar-refractivity contribution < 1.29 is 13.5 Å². The van der Waals surface area contributed by atoms with Crippen LogP contribution >= 0.6 is 15.9 Å². The first kappa shape index (κ1) is 17.6. The van der Waals surface area contributed by atoms with Crippen molar-refractivity contribution in [1.29, 1.82) is 0 Å². The normalized spacial score (nSPS) is 15.4. The van der Waals surface area contributed by atoms with E-state index in [9.17, 15) is 18.4 Å². The van der Waals surface area contributed by atoms with Gasteiger partial charge >= 0.3 is 5.69 Å². The summed E-state index contributed by atoms with van der Waals surface area (Å²) in [7, 11) is 1.46. The van der Waals surface area contributed by atoms with Gasteiger partial charge < -0.3 is 9.64 Å². The van der Waals surface area contributed by atoms with Crippen molar-refractivity contribution >= 4 is 21.7 Å². The zero-order chi connectivity index (χ0) is 18.1. The van der Waals surface area contributed by atoms with E-state index >= 15 is 0 Å². The van der Waals surface area contributed by atoms with Gasteiger partial charge in [0, 0.05) is 39.0 Å². The summed E-state index contributed by atoms with van der Waals surface area (Å²) in [5.74, 6) is -1.52. The van der Waals surface area contributed by atoms with Crippen molar-refractivity contribution in [3.63, 3.8) is 0 Å². The summed E-state index contributed by atoms with van der Waals surface area (Å²) < 4.78 is 33.6. The lowest BCUT2D eigenvalue weighted by Gasteiger charge is -2.32. The first-order valence-corrected chi connectivity index (χ1v) is 8.38. The van der Waals surface area contributed by atoms with Crippen molar-refractivity contribution in [1.82, 2.24) is 14.8 Å². The Morgan fingerprint density at radius 3 is 2.56 bits per heavy atom. The van der Waals surface area contributed by atoms with Crippen LogP contribution in [0, 0.1) is 11.6 Å². The molecule has 0 spiro atoms. The summed E-state index contributed by atoms with van der Waals surface area (Å²) in [5.41, 5.74) is -1.11.